The molecule has 1 unspecified atom stereocenters. The number of aryl methyl sites for hydroxylation is 1. The molecule has 0 aliphatic carbocycles. The molecule has 0 N–H and O–H groups in total. The van der Waals surface area contributed by atoms with Crippen LogP contribution in [0.25, 0.3) is 0 Å². The van der Waals surface area contributed by atoms with Gasteiger partial charge < -0.3 is 0 Å². The van der Waals surface area contributed by atoms with Gasteiger partial charge in [0.2, 0.25) is 5.91 Å². The van der Waals surface area contributed by atoms with Gasteiger partial charge >= 0.3 is 0 Å². The maximum Gasteiger partial charge on any atom is 0.269 e. The van der Waals surface area contributed by atoms with Crippen molar-refractivity contribution in [3.8, 4) is 0 Å². The number of aromatic nitrogens is 1. The third kappa shape index (κ3) is 4.90. The lowest BCUT2D eigenvalue weighted by atomic mass is 10.1. The molecule has 8 heteroatoms. The molecule has 0 radical (unpaired) electrons. The Morgan fingerprint density at radius 3 is 2.57 bits per heavy atom. The summed E-state index contributed by atoms with van der Waals surface area (Å²) in [5, 5.41) is 13.6. The summed E-state index contributed by atoms with van der Waals surface area (Å²) in [5.41, 5.74) is 3.70. The molecule has 7 nitrogen and oxygen atoms in total. The molecule has 3 rings (SSSR count). The van der Waals surface area contributed by atoms with Crippen LogP contribution >= 0.6 is 11.3 Å². The number of nitro benzene ring substituents is 1. The Morgan fingerprint density at radius 1 is 1.23 bits per heavy atom. The van der Waals surface area contributed by atoms with Crippen molar-refractivity contribution in [1.29, 1.82) is 0 Å². The molecule has 2 aromatic carbocycles. The second kappa shape index (κ2) is 9.15. The molecular formula is C22H24N4O3S. The lowest BCUT2D eigenvalue weighted by molar-refractivity contribution is -0.384. The smallest absolute Gasteiger partial charge is 0.269 e. The van der Waals surface area contributed by atoms with Crippen LogP contribution in [0.5, 0.6) is 0 Å². The summed E-state index contributed by atoms with van der Waals surface area (Å²) in [6.07, 6.45) is 0. The highest BCUT2D eigenvalue weighted by atomic mass is 32.1. The zero-order chi connectivity index (χ0) is 21.8. The summed E-state index contributed by atoms with van der Waals surface area (Å²) < 4.78 is 0. The molecule has 0 bridgehead atoms. The van der Waals surface area contributed by atoms with Crippen LogP contribution in [0.2, 0.25) is 0 Å². The highest BCUT2D eigenvalue weighted by molar-refractivity contribution is 7.14. The van der Waals surface area contributed by atoms with Crippen LogP contribution in [0.4, 0.5) is 16.5 Å². The molecule has 0 saturated carbocycles. The number of hydrogen-bond donors (Lipinski definition) is 0. The Balaban J connectivity index is 1.76. The van der Waals surface area contributed by atoms with Crippen molar-refractivity contribution in [3.63, 3.8) is 0 Å². The van der Waals surface area contributed by atoms with E-state index in [-0.39, 0.29) is 22.6 Å². The molecule has 0 aliphatic heterocycles. The van der Waals surface area contributed by atoms with Gasteiger partial charge in [0, 0.05) is 37.0 Å². The highest BCUT2D eigenvalue weighted by Gasteiger charge is 2.20. The first-order valence-electron chi connectivity index (χ1n) is 9.52. The largest absolute Gasteiger partial charge is 0.294 e. The molecule has 1 heterocycles. The van der Waals surface area contributed by atoms with Crippen molar-refractivity contribution in [2.45, 2.75) is 33.4 Å². The molecule has 1 amide bonds. The maximum atomic E-state index is 12.3. The second-order valence-electron chi connectivity index (χ2n) is 7.25. The average Bonchev–Trinajstić information content (AvgIpc) is 3.16. The van der Waals surface area contributed by atoms with E-state index in [0.29, 0.717) is 11.7 Å². The van der Waals surface area contributed by atoms with Crippen molar-refractivity contribution in [2.24, 2.45) is 0 Å². The number of anilines is 2. The van der Waals surface area contributed by atoms with Gasteiger partial charge in [0.05, 0.1) is 16.3 Å². The van der Waals surface area contributed by atoms with Crippen LogP contribution in [-0.2, 0) is 11.3 Å². The average molecular weight is 425 g/mol. The van der Waals surface area contributed by atoms with Crippen molar-refractivity contribution in [1.82, 2.24) is 9.88 Å². The van der Waals surface area contributed by atoms with E-state index in [1.807, 2.05) is 56.6 Å². The number of benzene rings is 2. The number of thiazole rings is 1. The van der Waals surface area contributed by atoms with Gasteiger partial charge in [-0.05, 0) is 38.6 Å². The number of carbonyl (C=O) groups is 1. The standard InChI is InChI=1S/C22H24N4O3S/c1-15-8-10-20(11-9-15)25(17(3)27)22-23-19(14-30-22)13-24(4)16(2)18-6-5-7-21(12-18)26(28)29/h5-12,14,16H,13H2,1-4H3. The van der Waals surface area contributed by atoms with E-state index >= 15 is 0 Å². The number of hydrogen-bond acceptors (Lipinski definition) is 6. The second-order valence-corrected chi connectivity index (χ2v) is 8.09. The molecule has 1 aromatic heterocycles. The lowest BCUT2D eigenvalue weighted by Gasteiger charge is -2.24. The minimum absolute atomic E-state index is 0.0314. The van der Waals surface area contributed by atoms with Crippen molar-refractivity contribution >= 4 is 33.8 Å². The molecule has 1 atom stereocenters. The Morgan fingerprint density at radius 2 is 1.93 bits per heavy atom. The van der Waals surface area contributed by atoms with Crippen LogP contribution in [0.3, 0.4) is 0 Å². The van der Waals surface area contributed by atoms with E-state index in [4.69, 9.17) is 0 Å². The Hall–Kier alpha value is -3.10. The van der Waals surface area contributed by atoms with Gasteiger partial charge in [-0.2, -0.15) is 0 Å². The van der Waals surface area contributed by atoms with Gasteiger partial charge in [0.25, 0.3) is 5.69 Å². The van der Waals surface area contributed by atoms with E-state index in [9.17, 15) is 14.9 Å². The lowest BCUT2D eigenvalue weighted by Crippen LogP contribution is -2.24. The first kappa shape index (κ1) is 21.6. The molecule has 30 heavy (non-hydrogen) atoms. The number of carbonyl (C=O) groups excluding carboxylic acids is 1. The Bertz CT molecular complexity index is 1050. The van der Waals surface area contributed by atoms with Crippen molar-refractivity contribution in [2.75, 3.05) is 11.9 Å². The predicted molar refractivity (Wildman–Crippen MR) is 119 cm³/mol. The Labute approximate surface area is 179 Å². The van der Waals surface area contributed by atoms with Crippen molar-refractivity contribution in [3.05, 3.63) is 80.8 Å². The van der Waals surface area contributed by atoms with Crippen molar-refractivity contribution < 1.29 is 9.72 Å². The van der Waals surface area contributed by atoms with Crippen LogP contribution in [0.15, 0.2) is 53.9 Å². The predicted octanol–water partition coefficient (Wildman–Crippen LogP) is 5.24. The molecular weight excluding hydrogens is 400 g/mol. The third-order valence-corrected chi connectivity index (χ3v) is 5.85. The fraction of sp³-hybridized carbons (Fsp3) is 0.273. The summed E-state index contributed by atoms with van der Waals surface area (Å²) in [6, 6.07) is 14.4. The fourth-order valence-electron chi connectivity index (χ4n) is 3.14. The molecule has 3 aromatic rings. The van der Waals surface area contributed by atoms with E-state index in [2.05, 4.69) is 9.88 Å². The van der Waals surface area contributed by atoms with Crippen LogP contribution in [0, 0.1) is 17.0 Å². The summed E-state index contributed by atoms with van der Waals surface area (Å²) >= 11 is 1.42. The number of nitro groups is 1. The fourth-order valence-corrected chi connectivity index (χ4v) is 4.02. The van der Waals surface area contributed by atoms with Gasteiger partial charge in [-0.15, -0.1) is 11.3 Å². The normalized spacial score (nSPS) is 12.0. The molecule has 0 aliphatic rings. The van der Waals surface area contributed by atoms with Crippen LogP contribution in [-0.4, -0.2) is 27.8 Å². The first-order valence-corrected chi connectivity index (χ1v) is 10.4. The van der Waals surface area contributed by atoms with E-state index < -0.39 is 0 Å². The third-order valence-electron chi connectivity index (χ3n) is 4.97. The van der Waals surface area contributed by atoms with Gasteiger partial charge in [-0.1, -0.05) is 29.8 Å². The van der Waals surface area contributed by atoms with Gasteiger partial charge in [0.15, 0.2) is 5.13 Å². The van der Waals surface area contributed by atoms with E-state index in [1.165, 1.54) is 24.3 Å². The number of non-ortho nitro benzene ring substituents is 1. The molecule has 0 spiro atoms. The minimum atomic E-state index is -0.385. The summed E-state index contributed by atoms with van der Waals surface area (Å²) in [5.74, 6) is -0.0990. The van der Waals surface area contributed by atoms with Crippen LogP contribution in [0.1, 0.15) is 36.7 Å². The van der Waals surface area contributed by atoms with E-state index in [0.717, 1.165) is 22.5 Å². The maximum absolute atomic E-state index is 12.3. The van der Waals surface area contributed by atoms with Gasteiger partial charge in [0.1, 0.15) is 0 Å². The SMILES string of the molecule is CC(=O)N(c1ccc(C)cc1)c1nc(CN(C)C(C)c2cccc([N+](=O)[O-])c2)cs1. The van der Waals surface area contributed by atoms with Gasteiger partial charge in [-0.3, -0.25) is 24.7 Å². The summed E-state index contributed by atoms with van der Waals surface area (Å²) in [7, 11) is 1.95. The molecule has 156 valence electrons. The van der Waals surface area contributed by atoms with Crippen LogP contribution < -0.4 is 4.90 Å². The topological polar surface area (TPSA) is 79.6 Å². The number of nitrogens with zero attached hydrogens (tertiary/aromatic N) is 4. The number of rotatable bonds is 7. The molecule has 0 fully saturated rings. The quantitative estimate of drug-likeness (QED) is 0.383. The monoisotopic (exact) mass is 424 g/mol. The zero-order valence-electron chi connectivity index (χ0n) is 17.4. The number of amides is 1. The zero-order valence-corrected chi connectivity index (χ0v) is 18.2. The highest BCUT2D eigenvalue weighted by Crippen LogP contribution is 2.30. The van der Waals surface area contributed by atoms with E-state index in [1.54, 1.807) is 17.0 Å². The minimum Gasteiger partial charge on any atom is -0.294 e. The summed E-state index contributed by atoms with van der Waals surface area (Å²) in [4.78, 5) is 31.3. The summed E-state index contributed by atoms with van der Waals surface area (Å²) in [6.45, 7) is 6.08. The Kier molecular flexibility index (Phi) is 6.59. The van der Waals surface area contributed by atoms with Gasteiger partial charge in [-0.25, -0.2) is 4.98 Å². The molecule has 0 saturated heterocycles. The first-order chi connectivity index (χ1) is 14.3.